The van der Waals surface area contributed by atoms with Gasteiger partial charge in [0.25, 0.3) is 11.8 Å². The molecule has 12 heteroatoms. The van der Waals surface area contributed by atoms with E-state index in [0.717, 1.165) is 11.5 Å². The highest BCUT2D eigenvalue weighted by Gasteiger charge is 2.06. The summed E-state index contributed by atoms with van der Waals surface area (Å²) in [5.74, 6) is 12.6. The molecular formula is C16H22N8O2S2. The molecule has 2 aromatic rings. The number of amides is 2. The van der Waals surface area contributed by atoms with Crippen LogP contribution in [0.25, 0.3) is 0 Å². The van der Waals surface area contributed by atoms with Gasteiger partial charge in [-0.05, 0) is 24.3 Å². The predicted molar refractivity (Wildman–Crippen MR) is 114 cm³/mol. The Kier molecular flexibility index (Phi) is 9.34. The zero-order valence-corrected chi connectivity index (χ0v) is 16.6. The smallest absolute Gasteiger partial charge is 0.252 e. The monoisotopic (exact) mass is 422 g/mol. The van der Waals surface area contributed by atoms with Crippen LogP contribution in [0.1, 0.15) is 20.7 Å². The first kappa shape index (κ1) is 21.8. The number of carbonyl (C=O) groups is 2. The molecule has 0 radical (unpaired) electrons. The van der Waals surface area contributed by atoms with Gasteiger partial charge in [-0.2, -0.15) is 0 Å². The third-order valence-electron chi connectivity index (χ3n) is 3.37. The van der Waals surface area contributed by atoms with Crippen LogP contribution in [0.5, 0.6) is 0 Å². The van der Waals surface area contributed by atoms with Gasteiger partial charge in [-0.3, -0.25) is 9.59 Å². The van der Waals surface area contributed by atoms with E-state index in [9.17, 15) is 9.59 Å². The number of hydrogen-bond donors (Lipinski definition) is 6. The number of aromatic nitrogens is 2. The van der Waals surface area contributed by atoms with Gasteiger partial charge in [0.2, 0.25) is 0 Å². The van der Waals surface area contributed by atoms with Crippen LogP contribution in [0, 0.1) is 0 Å². The summed E-state index contributed by atoms with van der Waals surface area (Å²) in [4.78, 5) is 31.9. The fourth-order valence-corrected chi connectivity index (χ4v) is 3.78. The van der Waals surface area contributed by atoms with Gasteiger partial charge in [-0.1, -0.05) is 21.6 Å². The van der Waals surface area contributed by atoms with Gasteiger partial charge in [-0.25, -0.2) is 21.7 Å². The molecule has 0 atom stereocenters. The average Bonchev–Trinajstić information content (AvgIpc) is 2.75. The van der Waals surface area contributed by atoms with Crippen molar-refractivity contribution in [3.63, 3.8) is 0 Å². The number of nitrogen functional groups attached to an aromatic ring is 2. The molecule has 0 saturated heterocycles. The summed E-state index contributed by atoms with van der Waals surface area (Å²) >= 11 is 0. The lowest BCUT2D eigenvalue weighted by molar-refractivity contribution is 0.0947. The Morgan fingerprint density at radius 1 is 0.786 bits per heavy atom. The number of hydrazine groups is 2. The van der Waals surface area contributed by atoms with E-state index in [1.807, 2.05) is 0 Å². The summed E-state index contributed by atoms with van der Waals surface area (Å²) in [6, 6.07) is 6.57. The highest BCUT2D eigenvalue weighted by Crippen LogP contribution is 2.19. The van der Waals surface area contributed by atoms with Crippen LogP contribution < -0.4 is 33.2 Å². The van der Waals surface area contributed by atoms with Crippen LogP contribution in [0.3, 0.4) is 0 Å². The molecule has 0 saturated carbocycles. The Bertz CT molecular complexity index is 693. The molecule has 0 aliphatic heterocycles. The molecule has 2 heterocycles. The zero-order chi connectivity index (χ0) is 20.2. The number of pyridine rings is 2. The zero-order valence-electron chi connectivity index (χ0n) is 15.0. The van der Waals surface area contributed by atoms with Crippen LogP contribution in [0.2, 0.25) is 0 Å². The van der Waals surface area contributed by atoms with Gasteiger partial charge in [-0.15, -0.1) is 0 Å². The third kappa shape index (κ3) is 7.23. The minimum Gasteiger partial charge on any atom is -0.351 e. The van der Waals surface area contributed by atoms with E-state index >= 15 is 0 Å². The van der Waals surface area contributed by atoms with E-state index in [2.05, 4.69) is 31.5 Å². The molecule has 0 aliphatic rings. The molecule has 2 aromatic heterocycles. The lowest BCUT2D eigenvalue weighted by atomic mass is 10.2. The Hall–Kier alpha value is -2.54. The topological polar surface area (TPSA) is 160 Å². The van der Waals surface area contributed by atoms with Gasteiger partial charge < -0.3 is 21.5 Å². The molecule has 0 bridgehead atoms. The van der Waals surface area contributed by atoms with Crippen LogP contribution in [-0.4, -0.2) is 46.4 Å². The number of nitrogens with zero attached hydrogens (tertiary/aromatic N) is 2. The molecule has 0 aromatic carbocycles. The summed E-state index contributed by atoms with van der Waals surface area (Å²) in [6.45, 7) is 1.07. The maximum atomic E-state index is 11.9. The highest BCUT2D eigenvalue weighted by atomic mass is 33.1. The maximum Gasteiger partial charge on any atom is 0.252 e. The van der Waals surface area contributed by atoms with E-state index in [1.54, 1.807) is 45.9 Å². The van der Waals surface area contributed by atoms with Crippen molar-refractivity contribution >= 4 is 45.0 Å². The largest absolute Gasteiger partial charge is 0.351 e. The number of nitrogens with two attached hydrogens (primary N) is 2. The van der Waals surface area contributed by atoms with E-state index in [0.29, 0.717) is 35.9 Å². The van der Waals surface area contributed by atoms with Gasteiger partial charge in [0.15, 0.2) is 0 Å². The first-order valence-corrected chi connectivity index (χ1v) is 10.8. The second kappa shape index (κ2) is 12.0. The fourth-order valence-electron chi connectivity index (χ4n) is 1.96. The van der Waals surface area contributed by atoms with Crippen molar-refractivity contribution in [2.75, 3.05) is 35.4 Å². The predicted octanol–water partition coefficient (Wildman–Crippen LogP) is 0.589. The van der Waals surface area contributed by atoms with Crippen LogP contribution >= 0.6 is 21.6 Å². The van der Waals surface area contributed by atoms with Gasteiger partial charge in [0.05, 0.1) is 11.1 Å². The first-order chi connectivity index (χ1) is 13.6. The summed E-state index contributed by atoms with van der Waals surface area (Å²) in [6.07, 6.45) is 2.93. The van der Waals surface area contributed by atoms with Crippen LogP contribution in [-0.2, 0) is 0 Å². The Labute approximate surface area is 170 Å². The quantitative estimate of drug-likeness (QED) is 0.131. The summed E-state index contributed by atoms with van der Waals surface area (Å²) < 4.78 is 0. The Balaban J connectivity index is 1.53. The number of nitrogens with one attached hydrogen (secondary N) is 4. The van der Waals surface area contributed by atoms with Crippen molar-refractivity contribution in [2.24, 2.45) is 11.7 Å². The Morgan fingerprint density at radius 2 is 1.21 bits per heavy atom. The van der Waals surface area contributed by atoms with Crippen LogP contribution in [0.4, 0.5) is 11.6 Å². The van der Waals surface area contributed by atoms with Crippen molar-refractivity contribution in [3.05, 3.63) is 47.8 Å². The second-order valence-electron chi connectivity index (χ2n) is 5.31. The van der Waals surface area contributed by atoms with Gasteiger partial charge in [0.1, 0.15) is 11.6 Å². The molecule has 8 N–H and O–H groups in total. The summed E-state index contributed by atoms with van der Waals surface area (Å²) in [5.41, 5.74) is 5.76. The van der Waals surface area contributed by atoms with E-state index in [4.69, 9.17) is 11.7 Å². The number of anilines is 2. The fraction of sp³-hybridized carbons (Fsp3) is 0.250. The van der Waals surface area contributed by atoms with Crippen molar-refractivity contribution in [2.45, 2.75) is 0 Å². The molecule has 2 rings (SSSR count). The van der Waals surface area contributed by atoms with Crippen molar-refractivity contribution < 1.29 is 9.59 Å². The molecule has 28 heavy (non-hydrogen) atoms. The highest BCUT2D eigenvalue weighted by molar-refractivity contribution is 8.76. The van der Waals surface area contributed by atoms with E-state index in [1.165, 1.54) is 12.4 Å². The van der Waals surface area contributed by atoms with Crippen molar-refractivity contribution in [1.82, 2.24) is 20.6 Å². The third-order valence-corrected chi connectivity index (χ3v) is 5.78. The molecule has 150 valence electrons. The molecule has 10 nitrogen and oxygen atoms in total. The van der Waals surface area contributed by atoms with Crippen LogP contribution in [0.15, 0.2) is 36.7 Å². The molecular weight excluding hydrogens is 400 g/mol. The van der Waals surface area contributed by atoms with Crippen molar-refractivity contribution in [1.29, 1.82) is 0 Å². The lowest BCUT2D eigenvalue weighted by Gasteiger charge is -2.07. The normalized spacial score (nSPS) is 10.2. The van der Waals surface area contributed by atoms with Crippen molar-refractivity contribution in [3.8, 4) is 0 Å². The minimum atomic E-state index is -0.182. The van der Waals surface area contributed by atoms with Gasteiger partial charge >= 0.3 is 0 Å². The molecule has 0 fully saturated rings. The second-order valence-corrected chi connectivity index (χ2v) is 8.01. The average molecular weight is 423 g/mol. The van der Waals surface area contributed by atoms with Gasteiger partial charge in [0, 0.05) is 37.0 Å². The van der Waals surface area contributed by atoms with E-state index in [-0.39, 0.29) is 11.8 Å². The number of rotatable bonds is 11. The van der Waals surface area contributed by atoms with E-state index < -0.39 is 0 Å². The minimum absolute atomic E-state index is 0.182. The number of hydrogen-bond acceptors (Lipinski definition) is 10. The SMILES string of the molecule is NNc1ccc(C(=O)NCCSSCCNC(=O)c2ccc(NN)nc2)cn1. The Morgan fingerprint density at radius 3 is 1.54 bits per heavy atom. The number of carbonyl (C=O) groups excluding carboxylic acids is 2. The molecule has 0 aliphatic carbocycles. The first-order valence-electron chi connectivity index (χ1n) is 8.30. The summed E-state index contributed by atoms with van der Waals surface area (Å²) in [5, 5.41) is 5.64. The molecule has 2 amide bonds. The molecule has 0 spiro atoms. The molecule has 0 unspecified atom stereocenters. The summed E-state index contributed by atoms with van der Waals surface area (Å²) in [7, 11) is 3.25. The lowest BCUT2D eigenvalue weighted by Crippen LogP contribution is -2.26. The maximum absolute atomic E-state index is 11.9. The standard InChI is InChI=1S/C16H22N8O2S2/c17-23-13-3-1-11(9-21-13)15(25)19-5-7-27-28-8-6-20-16(26)12-2-4-14(24-18)22-10-12/h1-4,9-10H,5-8,17-18H2,(H,19,25)(H,20,26)(H,21,23)(H,22,24).